The third kappa shape index (κ3) is 3.79. The van der Waals surface area contributed by atoms with E-state index in [1.54, 1.807) is 37.3 Å². The molecule has 0 fully saturated rings. The van der Waals surface area contributed by atoms with Crippen LogP contribution < -0.4 is 9.47 Å². The number of esters is 1. The Morgan fingerprint density at radius 3 is 2.37 bits per heavy atom. The van der Waals surface area contributed by atoms with Gasteiger partial charge in [-0.3, -0.25) is 10.1 Å². The average Bonchev–Trinajstić information content (AvgIpc) is 3.03. The minimum absolute atomic E-state index is 0.0301. The van der Waals surface area contributed by atoms with E-state index in [1.807, 2.05) is 0 Å². The van der Waals surface area contributed by atoms with Crippen molar-refractivity contribution in [3.63, 3.8) is 0 Å². The van der Waals surface area contributed by atoms with Crippen molar-refractivity contribution in [2.45, 2.75) is 6.92 Å². The molecular weight excluding hydrogens is 352 g/mol. The molecule has 2 aromatic carbocycles. The van der Waals surface area contributed by atoms with Gasteiger partial charge >= 0.3 is 5.97 Å². The summed E-state index contributed by atoms with van der Waals surface area (Å²) in [6, 6.07) is 9.68. The Labute approximate surface area is 154 Å². The molecule has 0 saturated heterocycles. The van der Waals surface area contributed by atoms with Gasteiger partial charge in [-0.05, 0) is 30.7 Å². The van der Waals surface area contributed by atoms with Crippen molar-refractivity contribution < 1.29 is 23.9 Å². The number of aryl methyl sites for hydroxylation is 1. The van der Waals surface area contributed by atoms with E-state index < -0.39 is 10.9 Å². The highest BCUT2D eigenvalue weighted by Crippen LogP contribution is 2.27. The molecule has 0 N–H and O–H groups in total. The van der Waals surface area contributed by atoms with Crippen molar-refractivity contribution in [1.82, 2.24) is 0 Å². The first-order valence-corrected chi connectivity index (χ1v) is 7.92. The SMILES string of the molecule is COc1cc(OC)cc(C2=N/C(=C\c3ccc(C)c([N+](=O)[O-])c3)C(=O)O2)c1. The molecule has 0 radical (unpaired) electrons. The Bertz CT molecular complexity index is 971. The maximum absolute atomic E-state index is 12.2. The number of hydrogen-bond acceptors (Lipinski definition) is 7. The van der Waals surface area contributed by atoms with Crippen LogP contribution in [0.4, 0.5) is 5.69 Å². The first-order valence-electron chi connectivity index (χ1n) is 7.92. The molecule has 138 valence electrons. The highest BCUT2D eigenvalue weighted by Gasteiger charge is 2.25. The smallest absolute Gasteiger partial charge is 0.363 e. The maximum Gasteiger partial charge on any atom is 0.363 e. The molecule has 0 saturated carbocycles. The fraction of sp³-hybridized carbons (Fsp3) is 0.158. The molecule has 8 nitrogen and oxygen atoms in total. The molecule has 1 aliphatic heterocycles. The summed E-state index contributed by atoms with van der Waals surface area (Å²) in [5.41, 5.74) is 1.54. The molecule has 8 heteroatoms. The van der Waals surface area contributed by atoms with Crippen molar-refractivity contribution in [1.29, 1.82) is 0 Å². The van der Waals surface area contributed by atoms with Gasteiger partial charge in [0, 0.05) is 23.3 Å². The standard InChI is InChI=1S/C19H16N2O6/c1-11-4-5-12(7-17(11)21(23)24)6-16-19(22)27-18(20-16)13-8-14(25-2)10-15(9-13)26-3/h4-10H,1-3H3/b16-6-. The first kappa shape index (κ1) is 18.1. The molecular formula is C19H16N2O6. The minimum Gasteiger partial charge on any atom is -0.497 e. The maximum atomic E-state index is 12.2. The number of nitro groups is 1. The van der Waals surface area contributed by atoms with Crippen molar-refractivity contribution in [2.24, 2.45) is 4.99 Å². The molecule has 0 atom stereocenters. The lowest BCUT2D eigenvalue weighted by Crippen LogP contribution is -2.06. The molecule has 2 aromatic rings. The van der Waals surface area contributed by atoms with Gasteiger partial charge < -0.3 is 14.2 Å². The van der Waals surface area contributed by atoms with E-state index in [9.17, 15) is 14.9 Å². The van der Waals surface area contributed by atoms with Crippen LogP contribution in [0.2, 0.25) is 0 Å². The second-order valence-corrected chi connectivity index (χ2v) is 5.74. The third-order valence-corrected chi connectivity index (χ3v) is 3.95. The lowest BCUT2D eigenvalue weighted by atomic mass is 10.1. The fourth-order valence-electron chi connectivity index (χ4n) is 2.53. The van der Waals surface area contributed by atoms with Gasteiger partial charge in [0.1, 0.15) is 11.5 Å². The lowest BCUT2D eigenvalue weighted by molar-refractivity contribution is -0.385. The van der Waals surface area contributed by atoms with Crippen LogP contribution in [0, 0.1) is 17.0 Å². The number of nitrogens with zero attached hydrogens (tertiary/aromatic N) is 2. The monoisotopic (exact) mass is 368 g/mol. The summed E-state index contributed by atoms with van der Waals surface area (Å²) in [7, 11) is 3.02. The second-order valence-electron chi connectivity index (χ2n) is 5.74. The van der Waals surface area contributed by atoms with Gasteiger partial charge in [0.25, 0.3) is 5.69 Å². The van der Waals surface area contributed by atoms with Crippen LogP contribution in [-0.4, -0.2) is 31.0 Å². The molecule has 27 heavy (non-hydrogen) atoms. The van der Waals surface area contributed by atoms with Crippen LogP contribution in [0.5, 0.6) is 11.5 Å². The molecule has 0 unspecified atom stereocenters. The number of rotatable bonds is 5. The van der Waals surface area contributed by atoms with Crippen molar-refractivity contribution in [3.05, 3.63) is 68.9 Å². The number of benzene rings is 2. The molecule has 0 aliphatic carbocycles. The van der Waals surface area contributed by atoms with E-state index in [1.165, 1.54) is 26.4 Å². The van der Waals surface area contributed by atoms with Gasteiger partial charge in [-0.2, -0.15) is 0 Å². The number of methoxy groups -OCH3 is 2. The van der Waals surface area contributed by atoms with Gasteiger partial charge in [0.05, 0.1) is 19.1 Å². The summed E-state index contributed by atoms with van der Waals surface area (Å²) >= 11 is 0. The zero-order valence-corrected chi connectivity index (χ0v) is 14.9. The fourth-order valence-corrected chi connectivity index (χ4v) is 2.53. The predicted octanol–water partition coefficient (Wildman–Crippen LogP) is 3.26. The van der Waals surface area contributed by atoms with Gasteiger partial charge in [-0.1, -0.05) is 12.1 Å². The highest BCUT2D eigenvalue weighted by molar-refractivity contribution is 6.13. The predicted molar refractivity (Wildman–Crippen MR) is 98.0 cm³/mol. The summed E-state index contributed by atoms with van der Waals surface area (Å²) in [6.07, 6.45) is 1.44. The van der Waals surface area contributed by atoms with E-state index >= 15 is 0 Å². The minimum atomic E-state index is -0.644. The molecule has 3 rings (SSSR count). The van der Waals surface area contributed by atoms with Gasteiger partial charge in [0.2, 0.25) is 5.90 Å². The molecule has 0 aromatic heterocycles. The largest absolute Gasteiger partial charge is 0.497 e. The van der Waals surface area contributed by atoms with E-state index in [4.69, 9.17) is 14.2 Å². The Kier molecular flexibility index (Phi) is 4.89. The summed E-state index contributed by atoms with van der Waals surface area (Å²) in [6.45, 7) is 1.64. The lowest BCUT2D eigenvalue weighted by Gasteiger charge is -2.07. The summed E-state index contributed by atoms with van der Waals surface area (Å²) in [4.78, 5) is 27.0. The van der Waals surface area contributed by atoms with E-state index in [-0.39, 0.29) is 17.3 Å². The summed E-state index contributed by atoms with van der Waals surface area (Å²) < 4.78 is 15.6. The van der Waals surface area contributed by atoms with E-state index in [0.29, 0.717) is 28.2 Å². The number of nitro benzene ring substituents is 1. The van der Waals surface area contributed by atoms with Gasteiger partial charge in [0.15, 0.2) is 5.70 Å². The number of cyclic esters (lactones) is 1. The van der Waals surface area contributed by atoms with Crippen molar-refractivity contribution in [2.75, 3.05) is 14.2 Å². The Morgan fingerprint density at radius 2 is 1.78 bits per heavy atom. The van der Waals surface area contributed by atoms with E-state index in [0.717, 1.165) is 0 Å². The molecule has 0 amide bonds. The van der Waals surface area contributed by atoms with Crippen LogP contribution in [0.15, 0.2) is 47.1 Å². The first-order chi connectivity index (χ1) is 12.9. The Hall–Kier alpha value is -3.68. The number of carbonyl (C=O) groups is 1. The van der Waals surface area contributed by atoms with Crippen molar-refractivity contribution in [3.8, 4) is 11.5 Å². The Morgan fingerprint density at radius 1 is 1.11 bits per heavy atom. The number of aliphatic imine (C=N–C) groups is 1. The van der Waals surface area contributed by atoms with E-state index in [2.05, 4.69) is 4.99 Å². The number of hydrogen-bond donors (Lipinski definition) is 0. The Balaban J connectivity index is 1.98. The van der Waals surface area contributed by atoms with Crippen molar-refractivity contribution >= 4 is 23.6 Å². The summed E-state index contributed by atoms with van der Waals surface area (Å²) in [5.74, 6) is 0.504. The molecule has 0 bridgehead atoms. The average molecular weight is 368 g/mol. The van der Waals surface area contributed by atoms with Crippen LogP contribution in [-0.2, 0) is 9.53 Å². The van der Waals surface area contributed by atoms with Crippen LogP contribution in [0.3, 0.4) is 0 Å². The van der Waals surface area contributed by atoms with Gasteiger partial charge in [-0.15, -0.1) is 0 Å². The molecule has 1 heterocycles. The van der Waals surface area contributed by atoms with Crippen LogP contribution >= 0.6 is 0 Å². The quantitative estimate of drug-likeness (QED) is 0.347. The highest BCUT2D eigenvalue weighted by atomic mass is 16.6. The topological polar surface area (TPSA) is 100 Å². The number of carbonyl (C=O) groups excluding carboxylic acids is 1. The zero-order valence-electron chi connectivity index (χ0n) is 14.9. The normalized spacial score (nSPS) is 14.7. The van der Waals surface area contributed by atoms with Crippen LogP contribution in [0.1, 0.15) is 16.7 Å². The second kappa shape index (κ2) is 7.28. The molecule has 1 aliphatic rings. The number of ether oxygens (including phenoxy) is 3. The third-order valence-electron chi connectivity index (χ3n) is 3.95. The zero-order chi connectivity index (χ0) is 19.6. The van der Waals surface area contributed by atoms with Crippen LogP contribution in [0.25, 0.3) is 6.08 Å². The molecule has 0 spiro atoms. The summed E-state index contributed by atoms with van der Waals surface area (Å²) in [5, 5.41) is 11.1. The van der Waals surface area contributed by atoms with Gasteiger partial charge in [-0.25, -0.2) is 9.79 Å².